The van der Waals surface area contributed by atoms with Gasteiger partial charge in [-0.3, -0.25) is 0 Å². The first-order valence-electron chi connectivity index (χ1n) is 5.30. The van der Waals surface area contributed by atoms with Crippen LogP contribution in [0.4, 0.5) is 4.39 Å². The highest BCUT2D eigenvalue weighted by atomic mass is 19.1. The molecule has 2 nitrogen and oxygen atoms in total. The zero-order valence-electron chi connectivity index (χ0n) is 9.26. The zero-order valence-corrected chi connectivity index (χ0v) is 9.26. The fourth-order valence-corrected chi connectivity index (χ4v) is 2.12. The summed E-state index contributed by atoms with van der Waals surface area (Å²) in [6.45, 7) is 1.85. The maximum Gasteiger partial charge on any atom is 0.123 e. The molecule has 1 heterocycles. The van der Waals surface area contributed by atoms with E-state index in [-0.39, 0.29) is 5.82 Å². The molecule has 2 rings (SSSR count). The average molecular weight is 208 g/mol. The minimum atomic E-state index is -0.126. The molecule has 0 amide bonds. The van der Waals surface area contributed by atoms with Crippen molar-refractivity contribution >= 4 is 0 Å². The first kappa shape index (κ1) is 10.6. The second kappa shape index (κ2) is 4.29. The number of hydrogen-bond acceptors (Lipinski definition) is 2. The Morgan fingerprint density at radius 3 is 2.93 bits per heavy atom. The lowest BCUT2D eigenvalue weighted by atomic mass is 9.95. The number of rotatable bonds is 2. The molecule has 3 heteroatoms. The third-order valence-corrected chi connectivity index (χ3v) is 2.80. The van der Waals surface area contributed by atoms with Crippen molar-refractivity contribution in [3.63, 3.8) is 0 Å². The molecule has 82 valence electrons. The Bertz CT molecular complexity index is 349. The number of likely N-dealkylation sites (N-methyl/N-ethyl adjacent to an activating group) is 1. The number of nitrogens with zero attached hydrogens (tertiary/aromatic N) is 1. The van der Waals surface area contributed by atoms with E-state index < -0.39 is 0 Å². The summed E-state index contributed by atoms with van der Waals surface area (Å²) in [5.74, 6) is -0.126. The fourth-order valence-electron chi connectivity index (χ4n) is 2.12. The Kier molecular flexibility index (Phi) is 3.03. The molecule has 1 N–H and O–H groups in total. The van der Waals surface area contributed by atoms with Gasteiger partial charge in [0.1, 0.15) is 5.82 Å². The van der Waals surface area contributed by atoms with Gasteiger partial charge in [-0.2, -0.15) is 0 Å². The van der Waals surface area contributed by atoms with Crippen LogP contribution < -0.4 is 5.32 Å². The van der Waals surface area contributed by atoms with E-state index in [1.54, 1.807) is 6.07 Å². The molecule has 1 atom stereocenters. The number of halogens is 1. The van der Waals surface area contributed by atoms with Crippen LogP contribution in [0.5, 0.6) is 0 Å². The third kappa shape index (κ3) is 2.55. The van der Waals surface area contributed by atoms with Gasteiger partial charge in [-0.05, 0) is 43.8 Å². The highest BCUT2D eigenvalue weighted by Gasteiger charge is 2.18. The predicted molar refractivity (Wildman–Crippen MR) is 59.3 cm³/mol. The Labute approximate surface area is 90.1 Å². The average Bonchev–Trinajstić information content (AvgIpc) is 2.16. The van der Waals surface area contributed by atoms with E-state index >= 15 is 0 Å². The molecule has 0 saturated carbocycles. The number of nitrogens with one attached hydrogen (secondary N) is 1. The summed E-state index contributed by atoms with van der Waals surface area (Å²) in [6.07, 6.45) is 0.922. The first-order chi connectivity index (χ1) is 7.15. The summed E-state index contributed by atoms with van der Waals surface area (Å²) in [6, 6.07) is 5.52. The lowest BCUT2D eigenvalue weighted by molar-refractivity contribution is 0.326. The van der Waals surface area contributed by atoms with Gasteiger partial charge in [-0.1, -0.05) is 6.07 Å². The predicted octanol–water partition coefficient (Wildman–Crippen LogP) is 1.40. The molecular formula is C12H17FN2. The summed E-state index contributed by atoms with van der Waals surface area (Å²) in [5.41, 5.74) is 2.38. The molecule has 0 spiro atoms. The SMILES string of the molecule is CN(C)CC1Cc2cc(F)ccc2CN1. The van der Waals surface area contributed by atoms with Gasteiger partial charge in [-0.25, -0.2) is 4.39 Å². The summed E-state index contributed by atoms with van der Waals surface area (Å²) >= 11 is 0. The maximum absolute atomic E-state index is 13.1. The van der Waals surface area contributed by atoms with Crippen molar-refractivity contribution in [2.45, 2.75) is 19.0 Å². The first-order valence-corrected chi connectivity index (χ1v) is 5.30. The van der Waals surface area contributed by atoms with Crippen LogP contribution in [0, 0.1) is 5.82 Å². The van der Waals surface area contributed by atoms with Gasteiger partial charge in [0.2, 0.25) is 0 Å². The normalized spacial score (nSPS) is 20.4. The lowest BCUT2D eigenvalue weighted by Crippen LogP contribution is -2.42. The topological polar surface area (TPSA) is 15.3 Å². The van der Waals surface area contributed by atoms with Gasteiger partial charge in [0.05, 0.1) is 0 Å². The van der Waals surface area contributed by atoms with E-state index in [0.717, 1.165) is 25.1 Å². The fraction of sp³-hybridized carbons (Fsp3) is 0.500. The van der Waals surface area contributed by atoms with Crippen molar-refractivity contribution in [3.8, 4) is 0 Å². The van der Waals surface area contributed by atoms with Gasteiger partial charge in [0.15, 0.2) is 0 Å². The minimum Gasteiger partial charge on any atom is -0.308 e. The van der Waals surface area contributed by atoms with Crippen molar-refractivity contribution in [1.29, 1.82) is 0 Å². The smallest absolute Gasteiger partial charge is 0.123 e. The minimum absolute atomic E-state index is 0.126. The van der Waals surface area contributed by atoms with Gasteiger partial charge < -0.3 is 10.2 Å². The monoisotopic (exact) mass is 208 g/mol. The second-order valence-corrected chi connectivity index (χ2v) is 4.46. The van der Waals surface area contributed by atoms with E-state index in [4.69, 9.17) is 0 Å². The van der Waals surface area contributed by atoms with Crippen molar-refractivity contribution < 1.29 is 4.39 Å². The lowest BCUT2D eigenvalue weighted by Gasteiger charge is -2.28. The summed E-state index contributed by atoms with van der Waals surface area (Å²) in [5, 5.41) is 3.46. The Hall–Kier alpha value is -0.930. The van der Waals surface area contributed by atoms with Crippen molar-refractivity contribution in [2.75, 3.05) is 20.6 Å². The molecule has 1 aliphatic heterocycles. The maximum atomic E-state index is 13.1. The van der Waals surface area contributed by atoms with Crippen LogP contribution in [-0.2, 0) is 13.0 Å². The van der Waals surface area contributed by atoms with Crippen molar-refractivity contribution in [1.82, 2.24) is 10.2 Å². The summed E-state index contributed by atoms with van der Waals surface area (Å²) < 4.78 is 13.1. The molecule has 0 aromatic heterocycles. The highest BCUT2D eigenvalue weighted by molar-refractivity contribution is 5.30. The van der Waals surface area contributed by atoms with Gasteiger partial charge in [0, 0.05) is 19.1 Å². The molecule has 1 aromatic rings. The molecule has 1 aromatic carbocycles. The Morgan fingerprint density at radius 2 is 2.20 bits per heavy atom. The van der Waals surface area contributed by atoms with Crippen LogP contribution in [0.1, 0.15) is 11.1 Å². The summed E-state index contributed by atoms with van der Waals surface area (Å²) in [4.78, 5) is 2.15. The number of fused-ring (bicyclic) bond motifs is 1. The largest absolute Gasteiger partial charge is 0.308 e. The van der Waals surface area contributed by atoms with E-state index in [1.807, 2.05) is 6.07 Å². The molecule has 15 heavy (non-hydrogen) atoms. The molecule has 0 radical (unpaired) electrons. The molecule has 1 aliphatic rings. The Morgan fingerprint density at radius 1 is 1.40 bits per heavy atom. The van der Waals surface area contributed by atoms with E-state index in [9.17, 15) is 4.39 Å². The van der Waals surface area contributed by atoms with E-state index in [2.05, 4.69) is 24.3 Å². The summed E-state index contributed by atoms with van der Waals surface area (Å²) in [7, 11) is 4.12. The Balaban J connectivity index is 2.11. The van der Waals surface area contributed by atoms with Crippen molar-refractivity contribution in [3.05, 3.63) is 35.1 Å². The molecular weight excluding hydrogens is 191 g/mol. The number of benzene rings is 1. The van der Waals surface area contributed by atoms with E-state index in [0.29, 0.717) is 6.04 Å². The number of hydrogen-bond donors (Lipinski definition) is 1. The van der Waals surface area contributed by atoms with Gasteiger partial charge in [0.25, 0.3) is 0 Å². The van der Waals surface area contributed by atoms with Crippen LogP contribution in [-0.4, -0.2) is 31.6 Å². The van der Waals surface area contributed by atoms with Crippen LogP contribution in [0.25, 0.3) is 0 Å². The molecule has 1 unspecified atom stereocenters. The molecule has 0 saturated heterocycles. The van der Waals surface area contributed by atoms with Crippen LogP contribution in [0.3, 0.4) is 0 Å². The van der Waals surface area contributed by atoms with E-state index in [1.165, 1.54) is 11.6 Å². The standard InChI is InChI=1S/C12H17FN2/c1-15(2)8-12-6-10-5-11(13)4-3-9(10)7-14-12/h3-5,12,14H,6-8H2,1-2H3. The van der Waals surface area contributed by atoms with Crippen LogP contribution >= 0.6 is 0 Å². The van der Waals surface area contributed by atoms with Crippen molar-refractivity contribution in [2.24, 2.45) is 0 Å². The zero-order chi connectivity index (χ0) is 10.8. The van der Waals surface area contributed by atoms with Gasteiger partial charge >= 0.3 is 0 Å². The second-order valence-electron chi connectivity index (χ2n) is 4.46. The van der Waals surface area contributed by atoms with Crippen LogP contribution in [0.15, 0.2) is 18.2 Å². The van der Waals surface area contributed by atoms with Gasteiger partial charge in [-0.15, -0.1) is 0 Å². The molecule has 0 aliphatic carbocycles. The van der Waals surface area contributed by atoms with Crippen LogP contribution in [0.2, 0.25) is 0 Å². The highest BCUT2D eigenvalue weighted by Crippen LogP contribution is 2.18. The third-order valence-electron chi connectivity index (χ3n) is 2.80. The molecule has 0 fully saturated rings. The molecule has 0 bridgehead atoms. The quantitative estimate of drug-likeness (QED) is 0.790.